The molecule has 0 aliphatic carbocycles. The van der Waals surface area contributed by atoms with Crippen LogP contribution in [0.4, 0.5) is 20.6 Å². The summed E-state index contributed by atoms with van der Waals surface area (Å²) in [6.45, 7) is 5.11. The predicted molar refractivity (Wildman–Crippen MR) is 118 cm³/mol. The van der Waals surface area contributed by atoms with Crippen molar-refractivity contribution in [3.63, 3.8) is 0 Å². The number of ether oxygens (including phenoxy) is 3. The molecule has 4 rings (SSSR count). The van der Waals surface area contributed by atoms with E-state index in [-0.39, 0.29) is 11.9 Å². The van der Waals surface area contributed by atoms with Gasteiger partial charge in [0.25, 0.3) is 0 Å². The van der Waals surface area contributed by atoms with Gasteiger partial charge in [0.05, 0.1) is 38.2 Å². The number of anilines is 2. The van der Waals surface area contributed by atoms with Crippen LogP contribution in [0.15, 0.2) is 42.5 Å². The highest BCUT2D eigenvalue weighted by molar-refractivity contribution is 5.90. The van der Waals surface area contributed by atoms with E-state index in [1.54, 1.807) is 19.2 Å². The van der Waals surface area contributed by atoms with Crippen LogP contribution < -0.4 is 14.5 Å². The average molecular weight is 429 g/mol. The molecule has 7 heteroatoms. The van der Waals surface area contributed by atoms with E-state index in [9.17, 15) is 9.18 Å². The Morgan fingerprint density at radius 2 is 1.90 bits per heavy atom. The molecule has 2 aromatic rings. The molecular weight excluding hydrogens is 399 g/mol. The van der Waals surface area contributed by atoms with Crippen molar-refractivity contribution in [2.24, 2.45) is 0 Å². The number of hydrogen-bond donors (Lipinski definition) is 0. The third kappa shape index (κ3) is 4.93. The fourth-order valence-electron chi connectivity index (χ4n) is 4.14. The average Bonchev–Trinajstić information content (AvgIpc) is 3.18. The number of rotatable bonds is 7. The molecule has 2 aromatic carbocycles. The predicted octanol–water partition coefficient (Wildman–Crippen LogP) is 4.58. The van der Waals surface area contributed by atoms with E-state index in [4.69, 9.17) is 14.2 Å². The zero-order chi connectivity index (χ0) is 21.8. The van der Waals surface area contributed by atoms with Crippen molar-refractivity contribution in [1.29, 1.82) is 0 Å². The van der Waals surface area contributed by atoms with Crippen LogP contribution in [0.25, 0.3) is 0 Å². The Morgan fingerprint density at radius 3 is 2.58 bits per heavy atom. The lowest BCUT2D eigenvalue weighted by molar-refractivity contribution is 0.122. The molecule has 0 aromatic heterocycles. The number of carbonyl (C=O) groups excluding carboxylic acids is 1. The van der Waals surface area contributed by atoms with Crippen molar-refractivity contribution >= 4 is 17.5 Å². The Hall–Kier alpha value is -2.80. The summed E-state index contributed by atoms with van der Waals surface area (Å²) in [5.41, 5.74) is 2.30. The number of amides is 1. The fraction of sp³-hybridized carbons (Fsp3) is 0.458. The Bertz CT molecular complexity index is 899. The zero-order valence-corrected chi connectivity index (χ0v) is 18.1. The topological polar surface area (TPSA) is 51.2 Å². The maximum Gasteiger partial charge on any atom is 0.414 e. The van der Waals surface area contributed by atoms with E-state index in [1.807, 2.05) is 17.0 Å². The van der Waals surface area contributed by atoms with E-state index in [0.717, 1.165) is 18.6 Å². The lowest BCUT2D eigenvalue weighted by Crippen LogP contribution is -2.36. The molecule has 31 heavy (non-hydrogen) atoms. The molecule has 166 valence electrons. The van der Waals surface area contributed by atoms with Gasteiger partial charge in [0.1, 0.15) is 17.7 Å². The molecule has 2 fully saturated rings. The van der Waals surface area contributed by atoms with Gasteiger partial charge in [-0.2, -0.15) is 0 Å². The zero-order valence-electron chi connectivity index (χ0n) is 18.1. The van der Waals surface area contributed by atoms with Crippen LogP contribution in [-0.2, 0) is 9.47 Å². The van der Waals surface area contributed by atoms with Gasteiger partial charge >= 0.3 is 6.09 Å². The summed E-state index contributed by atoms with van der Waals surface area (Å²) in [5, 5.41) is 0. The monoisotopic (exact) mass is 428 g/mol. The summed E-state index contributed by atoms with van der Waals surface area (Å²) in [6.07, 6.45) is 1.03. The highest BCUT2D eigenvalue weighted by atomic mass is 19.1. The number of nitrogens with zero attached hydrogens (tertiary/aromatic N) is 2. The number of halogens is 1. The maximum atomic E-state index is 14.7. The molecule has 2 saturated heterocycles. The molecule has 2 atom stereocenters. The van der Waals surface area contributed by atoms with Crippen molar-refractivity contribution in [3.05, 3.63) is 53.8 Å². The molecule has 2 aliphatic rings. The smallest absolute Gasteiger partial charge is 0.414 e. The third-order valence-electron chi connectivity index (χ3n) is 6.08. The lowest BCUT2D eigenvalue weighted by atomic mass is 9.95. The highest BCUT2D eigenvalue weighted by Crippen LogP contribution is 2.30. The van der Waals surface area contributed by atoms with Crippen molar-refractivity contribution < 1.29 is 23.4 Å². The highest BCUT2D eigenvalue weighted by Gasteiger charge is 2.33. The SMILES string of the molecule is COc1ccc([C@H](C)CC[C@H]2CN(c3ccc(N4CCOCC4)c(F)c3)C(=O)O2)cc1. The van der Waals surface area contributed by atoms with Gasteiger partial charge in [-0.1, -0.05) is 19.1 Å². The minimum absolute atomic E-state index is 0.199. The molecule has 0 unspecified atom stereocenters. The molecule has 2 aliphatic heterocycles. The van der Waals surface area contributed by atoms with Gasteiger partial charge < -0.3 is 19.1 Å². The van der Waals surface area contributed by atoms with Gasteiger partial charge in [0.2, 0.25) is 0 Å². The number of morpholine rings is 1. The molecule has 6 nitrogen and oxygen atoms in total. The van der Waals surface area contributed by atoms with Crippen LogP contribution in [0.1, 0.15) is 31.2 Å². The molecular formula is C24H29FN2O4. The summed E-state index contributed by atoms with van der Waals surface area (Å²) >= 11 is 0. The summed E-state index contributed by atoms with van der Waals surface area (Å²) in [6, 6.07) is 13.0. The second kappa shape index (κ2) is 9.56. The first kappa shape index (κ1) is 21.4. The molecule has 0 N–H and O–H groups in total. The van der Waals surface area contributed by atoms with E-state index < -0.39 is 6.09 Å². The summed E-state index contributed by atoms with van der Waals surface area (Å²) < 4.78 is 30.8. The van der Waals surface area contributed by atoms with Gasteiger partial charge in [-0.25, -0.2) is 9.18 Å². The van der Waals surface area contributed by atoms with Gasteiger partial charge in [0.15, 0.2) is 0 Å². The number of carbonyl (C=O) groups is 1. The quantitative estimate of drug-likeness (QED) is 0.646. The van der Waals surface area contributed by atoms with Crippen molar-refractivity contribution in [3.8, 4) is 5.75 Å². The summed E-state index contributed by atoms with van der Waals surface area (Å²) in [7, 11) is 1.65. The standard InChI is InChI=1S/C24H29FN2O4/c1-17(18-4-8-20(29-2)9-5-18)3-7-21-16-27(24(28)31-21)19-6-10-23(22(25)15-19)26-11-13-30-14-12-26/h4-6,8-10,15,17,21H,3,7,11-14,16H2,1-2H3/t17-,21+/m1/s1. The van der Waals surface area contributed by atoms with E-state index in [1.165, 1.54) is 16.5 Å². The fourth-order valence-corrected chi connectivity index (χ4v) is 4.14. The molecule has 0 spiro atoms. The Morgan fingerprint density at radius 1 is 1.16 bits per heavy atom. The number of methoxy groups -OCH3 is 1. The van der Waals surface area contributed by atoms with Crippen LogP contribution in [-0.4, -0.2) is 52.2 Å². The van der Waals surface area contributed by atoms with Gasteiger partial charge in [-0.3, -0.25) is 4.90 Å². The van der Waals surface area contributed by atoms with Crippen LogP contribution in [0.2, 0.25) is 0 Å². The molecule has 1 amide bonds. The van der Waals surface area contributed by atoms with E-state index in [2.05, 4.69) is 19.1 Å². The Labute approximate surface area is 182 Å². The van der Waals surface area contributed by atoms with E-state index >= 15 is 0 Å². The van der Waals surface area contributed by atoms with Crippen LogP contribution in [0.3, 0.4) is 0 Å². The van der Waals surface area contributed by atoms with Crippen molar-refractivity contribution in [2.75, 3.05) is 49.8 Å². The number of benzene rings is 2. The normalized spacial score (nSPS) is 20.0. The molecule has 0 saturated carbocycles. The first-order valence-corrected chi connectivity index (χ1v) is 10.8. The summed E-state index contributed by atoms with van der Waals surface area (Å²) in [4.78, 5) is 15.9. The van der Waals surface area contributed by atoms with Crippen LogP contribution in [0.5, 0.6) is 5.75 Å². The second-order valence-corrected chi connectivity index (χ2v) is 8.10. The first-order chi connectivity index (χ1) is 15.0. The van der Waals surface area contributed by atoms with Crippen LogP contribution in [0, 0.1) is 5.82 Å². The van der Waals surface area contributed by atoms with Gasteiger partial charge in [-0.15, -0.1) is 0 Å². The lowest BCUT2D eigenvalue weighted by Gasteiger charge is -2.29. The molecule has 2 heterocycles. The second-order valence-electron chi connectivity index (χ2n) is 8.10. The minimum Gasteiger partial charge on any atom is -0.497 e. The third-order valence-corrected chi connectivity index (χ3v) is 6.08. The van der Waals surface area contributed by atoms with E-state index in [0.29, 0.717) is 50.1 Å². The van der Waals surface area contributed by atoms with Crippen molar-refractivity contribution in [1.82, 2.24) is 0 Å². The largest absolute Gasteiger partial charge is 0.497 e. The van der Waals surface area contributed by atoms with Crippen molar-refractivity contribution in [2.45, 2.75) is 31.8 Å². The number of cyclic esters (lactones) is 1. The molecule has 0 radical (unpaired) electrons. The number of hydrogen-bond acceptors (Lipinski definition) is 5. The van der Waals surface area contributed by atoms with Gasteiger partial charge in [0, 0.05) is 13.1 Å². The summed E-state index contributed by atoms with van der Waals surface area (Å²) in [5.74, 6) is 0.843. The maximum absolute atomic E-state index is 14.7. The van der Waals surface area contributed by atoms with Crippen LogP contribution >= 0.6 is 0 Å². The first-order valence-electron chi connectivity index (χ1n) is 10.8. The van der Waals surface area contributed by atoms with Gasteiger partial charge in [-0.05, 0) is 54.7 Å². The Kier molecular flexibility index (Phi) is 6.61. The Balaban J connectivity index is 1.35. The molecule has 0 bridgehead atoms. The minimum atomic E-state index is -0.416.